The van der Waals surface area contributed by atoms with Crippen molar-refractivity contribution in [1.82, 2.24) is 0 Å². The summed E-state index contributed by atoms with van der Waals surface area (Å²) < 4.78 is 0. The van der Waals surface area contributed by atoms with Crippen molar-refractivity contribution >= 4 is 15.7 Å². The third-order valence-corrected chi connectivity index (χ3v) is 3.76. The molecular weight excluding hydrogens is 250 g/mol. The number of allylic oxidation sites excluding steroid dienone is 4. The smallest absolute Gasteiger partial charge is 0.0728 e. The van der Waals surface area contributed by atoms with Crippen LogP contribution in [-0.4, -0.2) is 15.7 Å². The first-order chi connectivity index (χ1) is 10.1. The summed E-state index contributed by atoms with van der Waals surface area (Å²) in [6.07, 6.45) is 23.5. The minimum atomic E-state index is -0.770. The third kappa shape index (κ3) is 15.8. The van der Waals surface area contributed by atoms with Gasteiger partial charge in [0.05, 0.1) is 15.7 Å². The maximum atomic E-state index is 6.03. The van der Waals surface area contributed by atoms with E-state index in [2.05, 4.69) is 26.0 Å². The molecule has 0 spiro atoms. The van der Waals surface area contributed by atoms with Crippen molar-refractivity contribution in [3.8, 4) is 0 Å². The molecule has 2 heteroatoms. The molecule has 0 heterocycles. The van der Waals surface area contributed by atoms with Gasteiger partial charge in [0.25, 0.3) is 0 Å². The average molecular weight is 284 g/mol. The van der Waals surface area contributed by atoms with Gasteiger partial charge in [-0.15, -0.1) is 0 Å². The van der Waals surface area contributed by atoms with Gasteiger partial charge < -0.3 is 0 Å². The van der Waals surface area contributed by atoms with Gasteiger partial charge in [0.1, 0.15) is 0 Å². The van der Waals surface area contributed by atoms with E-state index in [0.717, 1.165) is 12.8 Å². The summed E-state index contributed by atoms with van der Waals surface area (Å²) in [7, 11) is 12.1. The van der Waals surface area contributed by atoms with Crippen molar-refractivity contribution in [3.63, 3.8) is 0 Å². The Bertz CT molecular complexity index is 267. The van der Waals surface area contributed by atoms with E-state index >= 15 is 0 Å². The molecule has 0 nitrogen and oxygen atoms in total. The van der Waals surface area contributed by atoms with Crippen molar-refractivity contribution in [2.45, 2.75) is 96.1 Å². The average Bonchev–Trinajstić information content (AvgIpc) is 2.45. The van der Waals surface area contributed by atoms with Crippen LogP contribution >= 0.6 is 0 Å². The number of unbranched alkanes of at least 4 members (excludes halogenated alkanes) is 10. The minimum absolute atomic E-state index is 0.770. The first-order valence-corrected chi connectivity index (χ1v) is 9.05. The summed E-state index contributed by atoms with van der Waals surface area (Å²) in [5.74, 6) is 0. The van der Waals surface area contributed by atoms with Crippen LogP contribution in [0.4, 0.5) is 0 Å². The van der Waals surface area contributed by atoms with Crippen LogP contribution < -0.4 is 0 Å². The van der Waals surface area contributed by atoms with Crippen LogP contribution in [0, 0.1) is 0 Å². The summed E-state index contributed by atoms with van der Waals surface area (Å²) in [6, 6.07) is 0. The number of hydrogen-bond acceptors (Lipinski definition) is 0. The Kier molecular flexibility index (Phi) is 14.3. The van der Waals surface area contributed by atoms with Crippen LogP contribution in [0.1, 0.15) is 90.9 Å². The second-order valence-electron chi connectivity index (χ2n) is 6.21. The lowest BCUT2D eigenvalue weighted by molar-refractivity contribution is 0.592. The zero-order valence-corrected chi connectivity index (χ0v) is 14.4. The van der Waals surface area contributed by atoms with Crippen LogP contribution in [0.5, 0.6) is 0 Å². The van der Waals surface area contributed by atoms with Gasteiger partial charge >= 0.3 is 0 Å². The molecule has 0 rings (SSSR count). The molecule has 4 radical (unpaired) electrons. The Labute approximate surface area is 136 Å². The van der Waals surface area contributed by atoms with E-state index in [1.807, 2.05) is 12.2 Å². The van der Waals surface area contributed by atoms with Crippen LogP contribution in [0.3, 0.4) is 0 Å². The predicted octanol–water partition coefficient (Wildman–Crippen LogP) is 6.27. The Morgan fingerprint density at radius 3 is 1.52 bits per heavy atom. The zero-order valence-electron chi connectivity index (χ0n) is 14.4. The van der Waals surface area contributed by atoms with Gasteiger partial charge in [0.2, 0.25) is 0 Å². The number of rotatable bonds is 14. The lowest BCUT2D eigenvalue weighted by atomic mass is 9.54. The molecule has 0 fully saturated rings. The second-order valence-corrected chi connectivity index (χ2v) is 6.21. The molecule has 0 N–H and O–H groups in total. The fraction of sp³-hybridized carbons (Fsp3) is 0.789. The molecule has 0 aliphatic carbocycles. The quantitative estimate of drug-likeness (QED) is 0.200. The monoisotopic (exact) mass is 284 g/mol. The summed E-state index contributed by atoms with van der Waals surface area (Å²) in [5.41, 5.74) is 0. The van der Waals surface area contributed by atoms with Crippen LogP contribution in [0.25, 0.3) is 0 Å². The molecule has 0 saturated carbocycles. The first-order valence-electron chi connectivity index (χ1n) is 9.05. The Hall–Kier alpha value is -0.390. The molecule has 0 saturated heterocycles. The highest BCUT2D eigenvalue weighted by molar-refractivity contribution is 6.42. The molecule has 0 unspecified atom stereocenters. The van der Waals surface area contributed by atoms with Gasteiger partial charge in [-0.3, -0.25) is 0 Å². The molecule has 0 aromatic carbocycles. The molecule has 0 atom stereocenters. The summed E-state index contributed by atoms with van der Waals surface area (Å²) in [5, 5.41) is -0.770. The molecule has 0 aliphatic rings. The van der Waals surface area contributed by atoms with Crippen LogP contribution in [0.2, 0.25) is 5.21 Å². The molecular formula is C19H34B2. The van der Waals surface area contributed by atoms with Crippen molar-refractivity contribution < 1.29 is 0 Å². The van der Waals surface area contributed by atoms with E-state index in [4.69, 9.17) is 15.7 Å². The molecule has 0 aliphatic heterocycles. The lowest BCUT2D eigenvalue weighted by Crippen LogP contribution is -2.05. The molecule has 0 aromatic rings. The largest absolute Gasteiger partial charge is 0.0958 e. The predicted molar refractivity (Wildman–Crippen MR) is 99.2 cm³/mol. The van der Waals surface area contributed by atoms with Crippen LogP contribution in [-0.2, 0) is 0 Å². The van der Waals surface area contributed by atoms with Gasteiger partial charge in [-0.1, -0.05) is 94.7 Å². The fourth-order valence-electron chi connectivity index (χ4n) is 2.36. The van der Waals surface area contributed by atoms with Gasteiger partial charge in [-0.25, -0.2) is 0 Å². The Morgan fingerprint density at radius 1 is 0.619 bits per heavy atom. The maximum Gasteiger partial charge on any atom is 0.0728 e. The summed E-state index contributed by atoms with van der Waals surface area (Å²) >= 11 is 0. The van der Waals surface area contributed by atoms with E-state index < -0.39 is 5.21 Å². The van der Waals surface area contributed by atoms with E-state index in [1.54, 1.807) is 0 Å². The third-order valence-electron chi connectivity index (χ3n) is 3.76. The fourth-order valence-corrected chi connectivity index (χ4v) is 2.36. The summed E-state index contributed by atoms with van der Waals surface area (Å²) in [4.78, 5) is 0. The Morgan fingerprint density at radius 2 is 1.00 bits per heavy atom. The van der Waals surface area contributed by atoms with Gasteiger partial charge in [0.15, 0.2) is 0 Å². The molecule has 0 bridgehead atoms. The summed E-state index contributed by atoms with van der Waals surface area (Å²) in [6.45, 7) is 4.47. The highest BCUT2D eigenvalue weighted by Gasteiger charge is 2.06. The normalized spacial score (nSPS) is 12.7. The minimum Gasteiger partial charge on any atom is -0.0958 e. The molecule has 0 aromatic heterocycles. The van der Waals surface area contributed by atoms with E-state index in [1.165, 1.54) is 64.2 Å². The van der Waals surface area contributed by atoms with E-state index in [9.17, 15) is 0 Å². The standard InChI is InChI=1S/C19H34B2/c1-3-5-7-9-10-11-12-14-16-18-19(20,21)17-15-13-8-6-4-2/h15-18H,3-14H2,1-2H3/b17-15-,18-16-. The first kappa shape index (κ1) is 20.6. The van der Waals surface area contributed by atoms with Crippen molar-refractivity contribution in [1.29, 1.82) is 0 Å². The SMILES string of the molecule is [B]C([B])(/C=C\CCCCC)/C=C\CCCCCCCCC. The van der Waals surface area contributed by atoms with Crippen molar-refractivity contribution in [2.24, 2.45) is 0 Å². The van der Waals surface area contributed by atoms with Gasteiger partial charge in [-0.2, -0.15) is 0 Å². The number of hydrogen-bond donors (Lipinski definition) is 0. The Balaban J connectivity index is 3.60. The molecule has 116 valence electrons. The van der Waals surface area contributed by atoms with Crippen molar-refractivity contribution in [3.05, 3.63) is 24.3 Å². The highest BCUT2D eigenvalue weighted by atomic mass is 14.0. The topological polar surface area (TPSA) is 0 Å². The van der Waals surface area contributed by atoms with E-state index in [-0.39, 0.29) is 0 Å². The second kappa shape index (κ2) is 14.5. The zero-order chi connectivity index (χ0) is 15.8. The van der Waals surface area contributed by atoms with E-state index in [0.29, 0.717) is 0 Å². The van der Waals surface area contributed by atoms with Crippen molar-refractivity contribution in [2.75, 3.05) is 0 Å². The van der Waals surface area contributed by atoms with Gasteiger partial charge in [0, 0.05) is 0 Å². The molecule has 21 heavy (non-hydrogen) atoms. The van der Waals surface area contributed by atoms with Crippen LogP contribution in [0.15, 0.2) is 24.3 Å². The highest BCUT2D eigenvalue weighted by Crippen LogP contribution is 2.21. The maximum absolute atomic E-state index is 6.03. The molecule has 0 amide bonds. The lowest BCUT2D eigenvalue weighted by Gasteiger charge is -2.15. The van der Waals surface area contributed by atoms with Gasteiger partial charge in [-0.05, 0) is 25.7 Å².